The number of urea groups is 1. The van der Waals surface area contributed by atoms with Gasteiger partial charge in [-0.05, 0) is 24.8 Å². The van der Waals surface area contributed by atoms with Gasteiger partial charge >= 0.3 is 12.0 Å². The van der Waals surface area contributed by atoms with Gasteiger partial charge in [-0.3, -0.25) is 10.1 Å². The van der Waals surface area contributed by atoms with Crippen molar-refractivity contribution in [3.05, 3.63) is 36.0 Å². The lowest BCUT2D eigenvalue weighted by atomic mass is 9.86. The molecule has 0 spiro atoms. The van der Waals surface area contributed by atoms with Crippen LogP contribution in [0.15, 0.2) is 30.5 Å². The molecule has 0 bridgehead atoms. The number of aromatic amines is 1. The Morgan fingerprint density at radius 1 is 1.19 bits per heavy atom. The van der Waals surface area contributed by atoms with Gasteiger partial charge in [0.2, 0.25) is 0 Å². The van der Waals surface area contributed by atoms with E-state index in [-0.39, 0.29) is 6.04 Å². The van der Waals surface area contributed by atoms with E-state index in [0.717, 1.165) is 30.2 Å². The van der Waals surface area contributed by atoms with E-state index in [9.17, 15) is 14.4 Å². The monoisotopic (exact) mass is 357 g/mol. The van der Waals surface area contributed by atoms with Gasteiger partial charge in [0.1, 0.15) is 0 Å². The summed E-state index contributed by atoms with van der Waals surface area (Å²) in [7, 11) is 0. The molecule has 1 saturated carbocycles. The van der Waals surface area contributed by atoms with Gasteiger partial charge < -0.3 is 15.0 Å². The van der Waals surface area contributed by atoms with Crippen molar-refractivity contribution >= 4 is 28.8 Å². The third-order valence-corrected chi connectivity index (χ3v) is 4.82. The molecule has 3 amide bonds. The molecule has 1 aliphatic rings. The van der Waals surface area contributed by atoms with Crippen LogP contribution in [0.1, 0.15) is 43.0 Å². The van der Waals surface area contributed by atoms with Crippen molar-refractivity contribution < 1.29 is 19.1 Å². The molecule has 1 fully saturated rings. The van der Waals surface area contributed by atoms with Crippen molar-refractivity contribution in [3.8, 4) is 0 Å². The zero-order chi connectivity index (χ0) is 18.5. The maximum Gasteiger partial charge on any atom is 0.340 e. The molecule has 2 aromatic rings. The summed E-state index contributed by atoms with van der Waals surface area (Å²) in [5, 5.41) is 5.76. The third-order valence-electron chi connectivity index (χ3n) is 4.82. The van der Waals surface area contributed by atoms with Crippen LogP contribution in [0.4, 0.5) is 4.79 Å². The van der Waals surface area contributed by atoms with Crippen molar-refractivity contribution in [3.63, 3.8) is 0 Å². The molecule has 1 heterocycles. The Bertz CT molecular complexity index is 814. The maximum absolute atomic E-state index is 12.1. The van der Waals surface area contributed by atoms with E-state index >= 15 is 0 Å². The second-order valence-electron chi connectivity index (χ2n) is 6.71. The molecule has 26 heavy (non-hydrogen) atoms. The average Bonchev–Trinajstić information content (AvgIpc) is 3.06. The number of aromatic nitrogens is 1. The number of imide groups is 1. The number of hydrogen-bond donors (Lipinski definition) is 3. The molecule has 0 unspecified atom stereocenters. The molecule has 1 aliphatic carbocycles. The van der Waals surface area contributed by atoms with Gasteiger partial charge in [0, 0.05) is 23.1 Å². The minimum Gasteiger partial charge on any atom is -0.452 e. The zero-order valence-corrected chi connectivity index (χ0v) is 14.7. The van der Waals surface area contributed by atoms with E-state index in [1.54, 1.807) is 12.3 Å². The van der Waals surface area contributed by atoms with E-state index in [1.807, 2.05) is 18.2 Å². The molecule has 3 rings (SSSR count). The first kappa shape index (κ1) is 18.0. The van der Waals surface area contributed by atoms with Crippen molar-refractivity contribution in [2.75, 3.05) is 6.61 Å². The van der Waals surface area contributed by atoms with Crippen LogP contribution in [-0.2, 0) is 9.53 Å². The van der Waals surface area contributed by atoms with Crippen molar-refractivity contribution in [1.29, 1.82) is 0 Å². The predicted molar refractivity (Wildman–Crippen MR) is 96.7 cm³/mol. The molecule has 1 aromatic carbocycles. The summed E-state index contributed by atoms with van der Waals surface area (Å²) in [6, 6.07) is 6.84. The largest absolute Gasteiger partial charge is 0.452 e. The van der Waals surface area contributed by atoms with Crippen LogP contribution >= 0.6 is 0 Å². The molecular formula is C19H23N3O4. The van der Waals surface area contributed by atoms with Gasteiger partial charge in [0.05, 0.1) is 5.56 Å². The Morgan fingerprint density at radius 2 is 1.96 bits per heavy atom. The lowest BCUT2D eigenvalue weighted by molar-refractivity contribution is -0.123. The molecule has 138 valence electrons. The normalized spacial score (nSPS) is 19.7. The molecule has 1 aromatic heterocycles. The number of carbonyl (C=O) groups excluding carboxylic acids is 3. The number of carbonyl (C=O) groups is 3. The van der Waals surface area contributed by atoms with E-state index < -0.39 is 24.5 Å². The fourth-order valence-electron chi connectivity index (χ4n) is 3.35. The number of amides is 3. The van der Waals surface area contributed by atoms with Gasteiger partial charge in [-0.1, -0.05) is 38.0 Å². The third kappa shape index (κ3) is 4.22. The number of H-pyrrole nitrogens is 1. The number of fused-ring (bicyclic) bond motifs is 1. The summed E-state index contributed by atoms with van der Waals surface area (Å²) in [6.45, 7) is 1.58. The van der Waals surface area contributed by atoms with E-state index in [2.05, 4.69) is 22.5 Å². The van der Waals surface area contributed by atoms with Gasteiger partial charge in [0.15, 0.2) is 6.61 Å². The number of hydrogen-bond acceptors (Lipinski definition) is 4. The highest BCUT2D eigenvalue weighted by atomic mass is 16.5. The predicted octanol–water partition coefficient (Wildman–Crippen LogP) is 2.73. The number of ether oxygens (including phenoxy) is 1. The second kappa shape index (κ2) is 8.03. The van der Waals surface area contributed by atoms with Crippen LogP contribution in [-0.4, -0.2) is 35.5 Å². The maximum atomic E-state index is 12.1. The molecular weight excluding hydrogens is 334 g/mol. The zero-order valence-electron chi connectivity index (χ0n) is 14.7. The quantitative estimate of drug-likeness (QED) is 0.733. The first-order valence-corrected chi connectivity index (χ1v) is 8.88. The van der Waals surface area contributed by atoms with Crippen LogP contribution < -0.4 is 10.6 Å². The highest BCUT2D eigenvalue weighted by molar-refractivity contribution is 6.05. The van der Waals surface area contributed by atoms with Crippen molar-refractivity contribution in [1.82, 2.24) is 15.6 Å². The Kier molecular flexibility index (Phi) is 5.55. The fourth-order valence-corrected chi connectivity index (χ4v) is 3.35. The number of esters is 1. The summed E-state index contributed by atoms with van der Waals surface area (Å²) < 4.78 is 5.02. The van der Waals surface area contributed by atoms with E-state index in [0.29, 0.717) is 11.5 Å². The lowest BCUT2D eigenvalue weighted by Crippen LogP contribution is -2.48. The van der Waals surface area contributed by atoms with Gasteiger partial charge in [-0.25, -0.2) is 9.59 Å². The number of para-hydroxylation sites is 1. The Hall–Kier alpha value is -2.83. The molecule has 2 atom stereocenters. The summed E-state index contributed by atoms with van der Waals surface area (Å²) in [6.07, 6.45) is 5.77. The molecule has 7 heteroatoms. The highest BCUT2D eigenvalue weighted by Crippen LogP contribution is 2.23. The Balaban J connectivity index is 1.47. The highest BCUT2D eigenvalue weighted by Gasteiger charge is 2.23. The van der Waals surface area contributed by atoms with Gasteiger partial charge in [-0.15, -0.1) is 0 Å². The van der Waals surface area contributed by atoms with Crippen LogP contribution in [0.25, 0.3) is 10.9 Å². The van der Waals surface area contributed by atoms with Crippen LogP contribution in [0.5, 0.6) is 0 Å². The molecule has 0 radical (unpaired) electrons. The van der Waals surface area contributed by atoms with Crippen LogP contribution in [0.2, 0.25) is 0 Å². The van der Waals surface area contributed by atoms with Gasteiger partial charge in [-0.2, -0.15) is 0 Å². The Labute approximate surface area is 151 Å². The van der Waals surface area contributed by atoms with Gasteiger partial charge in [0.25, 0.3) is 5.91 Å². The summed E-state index contributed by atoms with van der Waals surface area (Å²) in [5.41, 5.74) is 1.17. The molecule has 3 N–H and O–H groups in total. The smallest absolute Gasteiger partial charge is 0.340 e. The molecule has 7 nitrogen and oxygen atoms in total. The van der Waals surface area contributed by atoms with Crippen LogP contribution in [0, 0.1) is 5.92 Å². The van der Waals surface area contributed by atoms with Crippen LogP contribution in [0.3, 0.4) is 0 Å². The lowest BCUT2D eigenvalue weighted by Gasteiger charge is -2.29. The van der Waals surface area contributed by atoms with Crippen molar-refractivity contribution in [2.45, 2.75) is 38.6 Å². The van der Waals surface area contributed by atoms with E-state index in [1.165, 1.54) is 6.42 Å². The fraction of sp³-hybridized carbons (Fsp3) is 0.421. The second-order valence-corrected chi connectivity index (χ2v) is 6.71. The number of rotatable bonds is 4. The molecule has 0 aliphatic heterocycles. The standard InChI is InChI=1S/C19H23N3O4/c1-12-6-2-4-8-15(12)21-19(25)22-17(23)11-26-18(24)14-10-20-16-9-5-3-7-13(14)16/h3,5,7,9-10,12,15,20H,2,4,6,8,11H2,1H3,(H2,21,22,23,25)/t12-,15-/m1/s1. The summed E-state index contributed by atoms with van der Waals surface area (Å²) in [5.74, 6) is -0.873. The SMILES string of the molecule is C[C@@H]1CCCC[C@H]1NC(=O)NC(=O)COC(=O)c1c[nH]c2ccccc12. The first-order chi connectivity index (χ1) is 12.5. The number of nitrogens with one attached hydrogen (secondary N) is 3. The number of benzene rings is 1. The molecule has 0 saturated heterocycles. The van der Waals surface area contributed by atoms with Crippen molar-refractivity contribution in [2.24, 2.45) is 5.92 Å². The van der Waals surface area contributed by atoms with E-state index in [4.69, 9.17) is 4.74 Å². The minimum absolute atomic E-state index is 0.0744. The average molecular weight is 357 g/mol. The topological polar surface area (TPSA) is 100 Å². The minimum atomic E-state index is -0.654. The summed E-state index contributed by atoms with van der Waals surface area (Å²) in [4.78, 5) is 38.9. The first-order valence-electron chi connectivity index (χ1n) is 8.88. The summed E-state index contributed by atoms with van der Waals surface area (Å²) >= 11 is 0. The Morgan fingerprint density at radius 3 is 2.77 bits per heavy atom.